The lowest BCUT2D eigenvalue weighted by molar-refractivity contribution is -0.165. The van der Waals surface area contributed by atoms with Crippen molar-refractivity contribution in [1.82, 2.24) is 0 Å². The molecule has 2 nitrogen and oxygen atoms in total. The molecule has 86 valence electrons. The van der Waals surface area contributed by atoms with E-state index < -0.39 is 12.1 Å². The Morgan fingerprint density at radius 1 is 1.47 bits per heavy atom. The zero-order chi connectivity index (χ0) is 11.3. The summed E-state index contributed by atoms with van der Waals surface area (Å²) in [6, 6.07) is 3.44. The molecule has 1 aromatic rings. The van der Waals surface area contributed by atoms with E-state index in [1.54, 1.807) is 12.1 Å². The first-order chi connectivity index (χ1) is 7.04. The molecule has 0 saturated carbocycles. The number of alkyl halides is 3. The maximum absolute atomic E-state index is 12.3. The Labute approximate surface area is 90.0 Å². The highest BCUT2D eigenvalue weighted by atomic mass is 32.2. The SMILES string of the molecule is NCC(CSCc1ccco1)C(F)(F)F. The Morgan fingerprint density at radius 2 is 2.20 bits per heavy atom. The highest BCUT2D eigenvalue weighted by Crippen LogP contribution is 2.29. The van der Waals surface area contributed by atoms with Crippen molar-refractivity contribution in [2.45, 2.75) is 11.9 Å². The van der Waals surface area contributed by atoms with Crippen molar-refractivity contribution in [1.29, 1.82) is 0 Å². The summed E-state index contributed by atoms with van der Waals surface area (Å²) in [5.74, 6) is -0.337. The first kappa shape index (κ1) is 12.4. The zero-order valence-corrected chi connectivity index (χ0v) is 8.77. The van der Waals surface area contributed by atoms with Gasteiger partial charge in [0.25, 0.3) is 0 Å². The zero-order valence-electron chi connectivity index (χ0n) is 7.96. The van der Waals surface area contributed by atoms with Crippen molar-refractivity contribution in [3.05, 3.63) is 24.2 Å². The first-order valence-corrected chi connectivity index (χ1v) is 5.56. The molecule has 1 aromatic heterocycles. The maximum Gasteiger partial charge on any atom is 0.393 e. The van der Waals surface area contributed by atoms with Crippen molar-refractivity contribution in [2.75, 3.05) is 12.3 Å². The smallest absolute Gasteiger partial charge is 0.393 e. The second-order valence-corrected chi connectivity index (χ2v) is 4.10. The average Bonchev–Trinajstić information content (AvgIpc) is 2.62. The molecule has 1 heterocycles. The summed E-state index contributed by atoms with van der Waals surface area (Å²) >= 11 is 1.18. The van der Waals surface area contributed by atoms with Crippen LogP contribution in [-0.2, 0) is 5.75 Å². The topological polar surface area (TPSA) is 39.2 Å². The van der Waals surface area contributed by atoms with E-state index in [1.165, 1.54) is 18.0 Å². The van der Waals surface area contributed by atoms with Gasteiger partial charge in [-0.05, 0) is 12.1 Å². The van der Waals surface area contributed by atoms with Crippen molar-refractivity contribution in [2.24, 2.45) is 11.7 Å². The Morgan fingerprint density at radius 3 is 2.67 bits per heavy atom. The standard InChI is InChI=1S/C9H12F3NOS/c10-9(11,12)7(4-13)5-15-6-8-2-1-3-14-8/h1-3,7H,4-6,13H2. The van der Waals surface area contributed by atoms with E-state index >= 15 is 0 Å². The molecule has 0 fully saturated rings. The van der Waals surface area contributed by atoms with Crippen LogP contribution >= 0.6 is 11.8 Å². The number of rotatable bonds is 5. The van der Waals surface area contributed by atoms with Crippen LogP contribution in [0.5, 0.6) is 0 Å². The second kappa shape index (κ2) is 5.46. The van der Waals surface area contributed by atoms with Crippen LogP contribution in [0.4, 0.5) is 13.2 Å². The second-order valence-electron chi connectivity index (χ2n) is 3.07. The van der Waals surface area contributed by atoms with Crippen LogP contribution in [0.3, 0.4) is 0 Å². The number of thioether (sulfide) groups is 1. The fourth-order valence-corrected chi connectivity index (χ4v) is 2.09. The number of furan rings is 1. The molecule has 0 saturated heterocycles. The lowest BCUT2D eigenvalue weighted by atomic mass is 10.2. The molecule has 0 spiro atoms. The average molecular weight is 239 g/mol. The van der Waals surface area contributed by atoms with Gasteiger partial charge >= 0.3 is 6.18 Å². The van der Waals surface area contributed by atoms with Gasteiger partial charge < -0.3 is 10.2 Å². The maximum atomic E-state index is 12.3. The molecule has 2 N–H and O–H groups in total. The van der Waals surface area contributed by atoms with Crippen molar-refractivity contribution in [3.8, 4) is 0 Å². The van der Waals surface area contributed by atoms with Crippen molar-refractivity contribution < 1.29 is 17.6 Å². The Hall–Kier alpha value is -0.620. The third-order valence-electron chi connectivity index (χ3n) is 1.89. The number of hydrogen-bond donors (Lipinski definition) is 1. The number of halogens is 3. The monoisotopic (exact) mass is 239 g/mol. The van der Waals surface area contributed by atoms with E-state index in [-0.39, 0.29) is 12.3 Å². The fraction of sp³-hybridized carbons (Fsp3) is 0.556. The molecular formula is C9H12F3NOS. The van der Waals surface area contributed by atoms with Crippen LogP contribution in [0, 0.1) is 5.92 Å². The number of nitrogens with two attached hydrogens (primary N) is 1. The predicted molar refractivity (Wildman–Crippen MR) is 53.5 cm³/mol. The normalized spacial score (nSPS) is 14.1. The van der Waals surface area contributed by atoms with E-state index in [9.17, 15) is 13.2 Å². The molecule has 0 aromatic carbocycles. The van der Waals surface area contributed by atoms with Crippen LogP contribution in [0.15, 0.2) is 22.8 Å². The molecule has 6 heteroatoms. The van der Waals surface area contributed by atoms with Gasteiger partial charge in [0, 0.05) is 12.3 Å². The molecule has 1 unspecified atom stereocenters. The van der Waals surface area contributed by atoms with Gasteiger partial charge in [-0.1, -0.05) is 0 Å². The van der Waals surface area contributed by atoms with Crippen molar-refractivity contribution >= 4 is 11.8 Å². The van der Waals surface area contributed by atoms with E-state index in [0.29, 0.717) is 11.5 Å². The fourth-order valence-electron chi connectivity index (χ4n) is 0.993. The molecule has 0 bridgehead atoms. The Bertz CT molecular complexity index is 273. The molecule has 1 rings (SSSR count). The van der Waals surface area contributed by atoms with Crippen LogP contribution in [0.1, 0.15) is 5.76 Å². The van der Waals surface area contributed by atoms with Crippen LogP contribution in [-0.4, -0.2) is 18.5 Å². The molecule has 0 aliphatic carbocycles. The summed E-state index contributed by atoms with van der Waals surface area (Å²) in [7, 11) is 0. The molecule has 0 aliphatic heterocycles. The lowest BCUT2D eigenvalue weighted by Gasteiger charge is -2.17. The van der Waals surface area contributed by atoms with E-state index in [0.717, 1.165) is 0 Å². The molecule has 15 heavy (non-hydrogen) atoms. The minimum Gasteiger partial charge on any atom is -0.468 e. The van der Waals surface area contributed by atoms with Crippen LogP contribution in [0.25, 0.3) is 0 Å². The van der Waals surface area contributed by atoms with Gasteiger partial charge in [0.05, 0.1) is 17.9 Å². The quantitative estimate of drug-likeness (QED) is 0.858. The van der Waals surface area contributed by atoms with Gasteiger partial charge in [-0.15, -0.1) is 0 Å². The van der Waals surface area contributed by atoms with Gasteiger partial charge in [0.2, 0.25) is 0 Å². The summed E-state index contributed by atoms with van der Waals surface area (Å²) in [5, 5.41) is 0. The van der Waals surface area contributed by atoms with Crippen molar-refractivity contribution in [3.63, 3.8) is 0 Å². The summed E-state index contributed by atoms with van der Waals surface area (Å²) in [5.41, 5.74) is 5.06. The Kier molecular flexibility index (Phi) is 4.53. The summed E-state index contributed by atoms with van der Waals surface area (Å²) < 4.78 is 41.8. The van der Waals surface area contributed by atoms with Gasteiger partial charge in [-0.3, -0.25) is 0 Å². The number of hydrogen-bond acceptors (Lipinski definition) is 3. The van der Waals surface area contributed by atoms with Crippen LogP contribution < -0.4 is 5.73 Å². The van der Waals surface area contributed by atoms with E-state index in [4.69, 9.17) is 10.2 Å². The molecule has 1 atom stereocenters. The molecule has 0 radical (unpaired) electrons. The molecule has 0 amide bonds. The van der Waals surface area contributed by atoms with Gasteiger partial charge in [0.1, 0.15) is 5.76 Å². The van der Waals surface area contributed by atoms with Gasteiger partial charge in [0.15, 0.2) is 0 Å². The van der Waals surface area contributed by atoms with E-state index in [1.807, 2.05) is 0 Å². The third kappa shape index (κ3) is 4.17. The van der Waals surface area contributed by atoms with E-state index in [2.05, 4.69) is 0 Å². The highest BCUT2D eigenvalue weighted by Gasteiger charge is 2.38. The Balaban J connectivity index is 2.29. The summed E-state index contributed by atoms with van der Waals surface area (Å²) in [6.45, 7) is -0.366. The summed E-state index contributed by atoms with van der Waals surface area (Å²) in [6.07, 6.45) is -2.70. The largest absolute Gasteiger partial charge is 0.468 e. The molecule has 0 aliphatic rings. The van der Waals surface area contributed by atoms with Crippen LogP contribution in [0.2, 0.25) is 0 Å². The minimum absolute atomic E-state index is 0.0271. The lowest BCUT2D eigenvalue weighted by Crippen LogP contribution is -2.32. The van der Waals surface area contributed by atoms with Gasteiger partial charge in [-0.25, -0.2) is 0 Å². The highest BCUT2D eigenvalue weighted by molar-refractivity contribution is 7.98. The minimum atomic E-state index is -4.20. The molecular weight excluding hydrogens is 227 g/mol. The first-order valence-electron chi connectivity index (χ1n) is 4.41. The predicted octanol–water partition coefficient (Wildman–Crippen LogP) is 2.65. The summed E-state index contributed by atoms with van der Waals surface area (Å²) in [4.78, 5) is 0. The van der Waals surface area contributed by atoms with Gasteiger partial charge in [-0.2, -0.15) is 24.9 Å². The third-order valence-corrected chi connectivity index (χ3v) is 3.02.